The molecule has 0 amide bonds. The third kappa shape index (κ3) is 3.19. The molecule has 0 atom stereocenters. The van der Waals surface area contributed by atoms with Crippen molar-refractivity contribution in [2.45, 2.75) is 6.92 Å². The fourth-order valence-corrected chi connectivity index (χ4v) is 1.03. The van der Waals surface area contributed by atoms with Crippen LogP contribution in [0.15, 0.2) is 0 Å². The van der Waals surface area contributed by atoms with Gasteiger partial charge >= 0.3 is 5.97 Å². The van der Waals surface area contributed by atoms with Gasteiger partial charge in [-0.1, -0.05) is 0 Å². The van der Waals surface area contributed by atoms with Crippen LogP contribution in [0.25, 0.3) is 0 Å². The van der Waals surface area contributed by atoms with E-state index in [0.717, 1.165) is 19.6 Å². The van der Waals surface area contributed by atoms with Crippen LogP contribution >= 0.6 is 0 Å². The lowest BCUT2D eigenvalue weighted by molar-refractivity contribution is -0.142. The minimum atomic E-state index is -0.172. The fraction of sp³-hybridized carbons (Fsp3) is 0.875. The molecule has 1 rings (SSSR count). The van der Waals surface area contributed by atoms with Crippen molar-refractivity contribution in [3.63, 3.8) is 0 Å². The van der Waals surface area contributed by atoms with Crippen molar-refractivity contribution >= 4 is 5.97 Å². The topological polar surface area (TPSA) is 52.4 Å². The average Bonchev–Trinajstić information content (AvgIpc) is 1.95. The molecule has 1 fully saturated rings. The molecule has 12 heavy (non-hydrogen) atoms. The lowest BCUT2D eigenvalue weighted by Gasteiger charge is -2.24. The molecule has 1 heterocycles. The largest absolute Gasteiger partial charge is 0.465 e. The van der Waals surface area contributed by atoms with Gasteiger partial charge in [-0.05, 0) is 12.8 Å². The number of rotatable bonds is 5. The van der Waals surface area contributed by atoms with E-state index in [1.54, 1.807) is 0 Å². The molecule has 0 saturated carbocycles. The summed E-state index contributed by atoms with van der Waals surface area (Å²) in [5.41, 5.74) is 0. The summed E-state index contributed by atoms with van der Waals surface area (Å²) < 4.78 is 4.75. The highest BCUT2D eigenvalue weighted by atomic mass is 16.5. The second-order valence-electron chi connectivity index (χ2n) is 2.89. The third-order valence-corrected chi connectivity index (χ3v) is 1.78. The molecule has 1 aliphatic heterocycles. The van der Waals surface area contributed by atoms with Crippen molar-refractivity contribution in [2.24, 2.45) is 5.92 Å². The Balaban J connectivity index is 1.90. The Morgan fingerprint density at radius 1 is 1.67 bits per heavy atom. The van der Waals surface area contributed by atoms with Gasteiger partial charge < -0.3 is 10.1 Å². The molecule has 0 aromatic rings. The van der Waals surface area contributed by atoms with Crippen LogP contribution in [-0.4, -0.2) is 38.8 Å². The van der Waals surface area contributed by atoms with Crippen LogP contribution in [0.4, 0.5) is 0 Å². The van der Waals surface area contributed by atoms with Crippen LogP contribution in [0.2, 0.25) is 0 Å². The first kappa shape index (κ1) is 9.48. The number of nitrogens with one attached hydrogen (secondary N) is 1. The highest BCUT2D eigenvalue weighted by Crippen LogP contribution is 2.01. The highest BCUT2D eigenvalue weighted by molar-refractivity contribution is 5.71. The molecule has 1 saturated heterocycles. The zero-order chi connectivity index (χ0) is 8.81. The van der Waals surface area contributed by atoms with Crippen molar-refractivity contribution in [3.8, 4) is 0 Å². The van der Waals surface area contributed by atoms with E-state index >= 15 is 0 Å². The van der Waals surface area contributed by atoms with Crippen LogP contribution < -0.4 is 10.6 Å². The lowest BCUT2D eigenvalue weighted by Crippen LogP contribution is -2.43. The molecule has 0 bridgehead atoms. The number of nitrogens with zero attached hydrogens (tertiary/aromatic N) is 1. The molecular weight excluding hydrogens is 156 g/mol. The van der Waals surface area contributed by atoms with E-state index in [4.69, 9.17) is 4.74 Å². The second kappa shape index (κ2) is 5.11. The van der Waals surface area contributed by atoms with Crippen molar-refractivity contribution < 1.29 is 9.53 Å². The summed E-state index contributed by atoms with van der Waals surface area (Å²) >= 11 is 0. The third-order valence-electron chi connectivity index (χ3n) is 1.78. The Labute approximate surface area is 72.7 Å². The van der Waals surface area contributed by atoms with E-state index in [2.05, 4.69) is 10.6 Å². The lowest BCUT2D eigenvalue weighted by atomic mass is 10.0. The van der Waals surface area contributed by atoms with Gasteiger partial charge in [0, 0.05) is 19.6 Å². The monoisotopic (exact) mass is 171 g/mol. The SMILES string of the molecule is CCOC(=O)CNCC1C[N]C1. The van der Waals surface area contributed by atoms with Gasteiger partial charge in [0.2, 0.25) is 0 Å². The summed E-state index contributed by atoms with van der Waals surface area (Å²) in [6.45, 7) is 5.35. The van der Waals surface area contributed by atoms with Crippen molar-refractivity contribution in [1.29, 1.82) is 0 Å². The maximum Gasteiger partial charge on any atom is 0.319 e. The predicted octanol–water partition coefficient (Wildman–Crippen LogP) is -0.627. The van der Waals surface area contributed by atoms with Gasteiger partial charge in [-0.15, -0.1) is 0 Å². The number of carbonyl (C=O) groups excluding carboxylic acids is 1. The van der Waals surface area contributed by atoms with Gasteiger partial charge in [-0.3, -0.25) is 4.79 Å². The highest BCUT2D eigenvalue weighted by Gasteiger charge is 2.17. The molecule has 4 heteroatoms. The second-order valence-corrected chi connectivity index (χ2v) is 2.89. The fourth-order valence-electron chi connectivity index (χ4n) is 1.03. The van der Waals surface area contributed by atoms with Crippen LogP contribution in [0.5, 0.6) is 0 Å². The van der Waals surface area contributed by atoms with Crippen LogP contribution in [0.1, 0.15) is 6.92 Å². The zero-order valence-corrected chi connectivity index (χ0v) is 7.38. The summed E-state index contributed by atoms with van der Waals surface area (Å²) in [7, 11) is 0. The number of carbonyl (C=O) groups is 1. The standard InChI is InChI=1S/C8H15N2O2/c1-2-12-8(11)6-10-5-7-3-9-4-7/h7,10H,2-6H2,1H3. The summed E-state index contributed by atoms with van der Waals surface area (Å²) in [6, 6.07) is 0. The number of esters is 1. The van der Waals surface area contributed by atoms with E-state index in [0.29, 0.717) is 19.1 Å². The molecule has 69 valence electrons. The summed E-state index contributed by atoms with van der Waals surface area (Å²) in [6.07, 6.45) is 0. The number of ether oxygens (including phenoxy) is 1. The molecule has 0 aliphatic carbocycles. The first-order chi connectivity index (χ1) is 5.83. The first-order valence-electron chi connectivity index (χ1n) is 4.32. The quantitative estimate of drug-likeness (QED) is 0.560. The van der Waals surface area contributed by atoms with Gasteiger partial charge in [0.1, 0.15) is 0 Å². The predicted molar refractivity (Wildman–Crippen MR) is 44.9 cm³/mol. The van der Waals surface area contributed by atoms with Gasteiger partial charge in [0.25, 0.3) is 0 Å². The normalized spacial score (nSPS) is 17.1. The maximum atomic E-state index is 10.8. The van der Waals surface area contributed by atoms with Crippen molar-refractivity contribution in [2.75, 3.05) is 32.8 Å². The van der Waals surface area contributed by atoms with Crippen LogP contribution in [0, 0.1) is 5.92 Å². The summed E-state index contributed by atoms with van der Waals surface area (Å²) in [4.78, 5) is 10.8. The minimum Gasteiger partial charge on any atom is -0.465 e. The van der Waals surface area contributed by atoms with E-state index in [1.165, 1.54) is 0 Å². The smallest absolute Gasteiger partial charge is 0.319 e. The molecule has 1 radical (unpaired) electrons. The van der Waals surface area contributed by atoms with E-state index in [9.17, 15) is 4.79 Å². The molecule has 0 unspecified atom stereocenters. The molecule has 4 nitrogen and oxygen atoms in total. The minimum absolute atomic E-state index is 0.172. The molecular formula is C8H15N2O2. The average molecular weight is 171 g/mol. The Morgan fingerprint density at radius 3 is 2.92 bits per heavy atom. The molecule has 0 spiro atoms. The van der Waals surface area contributed by atoms with E-state index in [-0.39, 0.29) is 5.97 Å². The van der Waals surface area contributed by atoms with Crippen LogP contribution in [0.3, 0.4) is 0 Å². The van der Waals surface area contributed by atoms with Gasteiger partial charge in [-0.25, -0.2) is 5.32 Å². The molecule has 1 aliphatic rings. The number of hydrogen-bond acceptors (Lipinski definition) is 3. The van der Waals surface area contributed by atoms with Crippen molar-refractivity contribution in [3.05, 3.63) is 0 Å². The molecule has 0 aromatic carbocycles. The Morgan fingerprint density at radius 2 is 2.42 bits per heavy atom. The van der Waals surface area contributed by atoms with Crippen LogP contribution in [-0.2, 0) is 9.53 Å². The Kier molecular flexibility index (Phi) is 4.04. The Bertz CT molecular complexity index is 146. The van der Waals surface area contributed by atoms with E-state index < -0.39 is 0 Å². The molecule has 1 N–H and O–H groups in total. The van der Waals surface area contributed by atoms with Gasteiger partial charge in [0.05, 0.1) is 13.2 Å². The van der Waals surface area contributed by atoms with E-state index in [1.807, 2.05) is 6.92 Å². The van der Waals surface area contributed by atoms with Gasteiger partial charge in [-0.2, -0.15) is 0 Å². The maximum absolute atomic E-state index is 10.8. The van der Waals surface area contributed by atoms with Gasteiger partial charge in [0.15, 0.2) is 0 Å². The van der Waals surface area contributed by atoms with Crippen molar-refractivity contribution in [1.82, 2.24) is 10.6 Å². The summed E-state index contributed by atoms with van der Waals surface area (Å²) in [5, 5.41) is 7.11. The zero-order valence-electron chi connectivity index (χ0n) is 7.38. The summed E-state index contributed by atoms with van der Waals surface area (Å²) in [5.74, 6) is 0.466. The number of hydrogen-bond donors (Lipinski definition) is 1. The first-order valence-corrected chi connectivity index (χ1v) is 4.32. The Hall–Kier alpha value is -0.610. The molecule has 0 aromatic heterocycles.